The van der Waals surface area contributed by atoms with Crippen LogP contribution in [-0.2, 0) is 16.1 Å². The number of primary amides is 1. The lowest BCUT2D eigenvalue weighted by Gasteiger charge is -2.28. The van der Waals surface area contributed by atoms with E-state index in [9.17, 15) is 9.59 Å². The molecule has 0 fully saturated rings. The van der Waals surface area contributed by atoms with Crippen molar-refractivity contribution in [2.24, 2.45) is 16.9 Å². The van der Waals surface area contributed by atoms with E-state index in [1.54, 1.807) is 18.2 Å². The summed E-state index contributed by atoms with van der Waals surface area (Å²) in [5.74, 6) is -0.0256. The van der Waals surface area contributed by atoms with Gasteiger partial charge in [0.05, 0.1) is 5.41 Å². The summed E-state index contributed by atoms with van der Waals surface area (Å²) in [5.41, 5.74) is 11.2. The van der Waals surface area contributed by atoms with E-state index in [0.717, 1.165) is 5.56 Å². The molecule has 0 aliphatic heterocycles. The lowest BCUT2D eigenvalue weighted by molar-refractivity contribution is -0.131. The first-order valence-electron chi connectivity index (χ1n) is 7.45. The number of carbonyl (C=O) groups is 2. The smallest absolute Gasteiger partial charge is 0.255 e. The summed E-state index contributed by atoms with van der Waals surface area (Å²) in [4.78, 5) is 23.1. The zero-order chi connectivity index (χ0) is 16.6. The molecular weight excluding hydrogens is 282 g/mol. The Kier molecular flexibility index (Phi) is 6.85. The van der Waals surface area contributed by atoms with Crippen molar-refractivity contribution in [1.82, 2.24) is 5.32 Å². The number of benzene rings is 1. The molecule has 0 bridgehead atoms. The number of nitrogens with one attached hydrogen (secondary N) is 1. The molecule has 122 valence electrons. The van der Waals surface area contributed by atoms with Crippen molar-refractivity contribution in [3.05, 3.63) is 29.8 Å². The Morgan fingerprint density at radius 2 is 1.95 bits per heavy atom. The number of carbonyl (C=O) groups excluding carboxylic acids is 2. The molecule has 1 rings (SSSR count). The number of amides is 2. The van der Waals surface area contributed by atoms with Crippen molar-refractivity contribution in [2.45, 2.75) is 33.2 Å². The van der Waals surface area contributed by atoms with Crippen molar-refractivity contribution in [2.75, 3.05) is 13.2 Å². The third kappa shape index (κ3) is 4.73. The third-order valence-corrected chi connectivity index (χ3v) is 3.96. The minimum atomic E-state index is -0.530. The summed E-state index contributed by atoms with van der Waals surface area (Å²) < 4.78 is 5.24. The predicted molar refractivity (Wildman–Crippen MR) is 85.0 cm³/mol. The van der Waals surface area contributed by atoms with Crippen LogP contribution < -0.4 is 21.5 Å². The van der Waals surface area contributed by atoms with Gasteiger partial charge in [0.1, 0.15) is 5.75 Å². The average molecular weight is 307 g/mol. The van der Waals surface area contributed by atoms with Gasteiger partial charge >= 0.3 is 0 Å². The van der Waals surface area contributed by atoms with Gasteiger partial charge in [0.15, 0.2) is 6.61 Å². The molecule has 0 aliphatic carbocycles. The Morgan fingerprint density at radius 3 is 2.50 bits per heavy atom. The van der Waals surface area contributed by atoms with E-state index in [4.69, 9.17) is 16.2 Å². The molecule has 5 N–H and O–H groups in total. The van der Waals surface area contributed by atoms with E-state index in [2.05, 4.69) is 5.32 Å². The molecule has 1 aromatic carbocycles. The molecular formula is C16H25N3O3. The summed E-state index contributed by atoms with van der Waals surface area (Å²) >= 11 is 0. The third-order valence-electron chi connectivity index (χ3n) is 3.96. The maximum Gasteiger partial charge on any atom is 0.255 e. The Bertz CT molecular complexity index is 505. The molecule has 0 saturated carbocycles. The van der Waals surface area contributed by atoms with E-state index in [1.807, 2.05) is 19.9 Å². The molecule has 0 spiro atoms. The molecule has 2 amide bonds. The molecule has 6 heteroatoms. The SMILES string of the molecule is CCC(CC)(CN)C(=O)NCc1cccc(OCC(N)=O)c1. The highest BCUT2D eigenvalue weighted by molar-refractivity contribution is 5.82. The zero-order valence-electron chi connectivity index (χ0n) is 13.2. The van der Waals surface area contributed by atoms with Crippen molar-refractivity contribution >= 4 is 11.8 Å². The molecule has 22 heavy (non-hydrogen) atoms. The quantitative estimate of drug-likeness (QED) is 0.630. The van der Waals surface area contributed by atoms with E-state index in [-0.39, 0.29) is 12.5 Å². The van der Waals surface area contributed by atoms with Gasteiger partial charge in [0.2, 0.25) is 5.91 Å². The predicted octanol–water partition coefficient (Wildman–Crippen LogP) is 0.932. The van der Waals surface area contributed by atoms with Crippen LogP contribution in [0.1, 0.15) is 32.3 Å². The second-order valence-electron chi connectivity index (χ2n) is 5.28. The number of rotatable bonds is 9. The van der Waals surface area contributed by atoms with Crippen molar-refractivity contribution in [3.8, 4) is 5.75 Å². The first-order chi connectivity index (χ1) is 10.5. The molecule has 0 aliphatic rings. The van der Waals surface area contributed by atoms with Gasteiger partial charge in [0.25, 0.3) is 5.91 Å². The normalized spacial score (nSPS) is 11.0. The van der Waals surface area contributed by atoms with Gasteiger partial charge in [-0.15, -0.1) is 0 Å². The highest BCUT2D eigenvalue weighted by Crippen LogP contribution is 2.25. The zero-order valence-corrected chi connectivity index (χ0v) is 13.2. The van der Waals surface area contributed by atoms with Crippen LogP contribution >= 0.6 is 0 Å². The second-order valence-corrected chi connectivity index (χ2v) is 5.28. The Morgan fingerprint density at radius 1 is 1.27 bits per heavy atom. The van der Waals surface area contributed by atoms with Crippen LogP contribution in [0.5, 0.6) is 5.75 Å². The fraction of sp³-hybridized carbons (Fsp3) is 0.500. The minimum absolute atomic E-state index is 0.0385. The van der Waals surface area contributed by atoms with Crippen LogP contribution in [0.25, 0.3) is 0 Å². The van der Waals surface area contributed by atoms with E-state index < -0.39 is 11.3 Å². The summed E-state index contributed by atoms with van der Waals surface area (Å²) in [6, 6.07) is 7.18. The standard InChI is InChI=1S/C16H25N3O3/c1-3-16(4-2,11-17)15(21)19-9-12-6-5-7-13(8-12)22-10-14(18)20/h5-8H,3-4,9-11,17H2,1-2H3,(H2,18,20)(H,19,21). The van der Waals surface area contributed by atoms with Gasteiger partial charge in [-0.2, -0.15) is 0 Å². The second kappa shape index (κ2) is 8.38. The molecule has 0 saturated heterocycles. The number of hydrogen-bond acceptors (Lipinski definition) is 4. The van der Waals surface area contributed by atoms with Gasteiger partial charge in [-0.05, 0) is 30.5 Å². The Labute approximate surface area is 131 Å². The monoisotopic (exact) mass is 307 g/mol. The first-order valence-corrected chi connectivity index (χ1v) is 7.45. The summed E-state index contributed by atoms with van der Waals surface area (Å²) in [6.07, 6.45) is 1.40. The Balaban J connectivity index is 2.66. The summed E-state index contributed by atoms with van der Waals surface area (Å²) in [6.45, 7) is 4.47. The highest BCUT2D eigenvalue weighted by atomic mass is 16.5. The van der Waals surface area contributed by atoms with Crippen LogP contribution in [-0.4, -0.2) is 25.0 Å². The lowest BCUT2D eigenvalue weighted by atomic mass is 9.81. The highest BCUT2D eigenvalue weighted by Gasteiger charge is 2.32. The van der Waals surface area contributed by atoms with Crippen LogP contribution in [0.2, 0.25) is 0 Å². The van der Waals surface area contributed by atoms with E-state index in [1.165, 1.54) is 0 Å². The first kappa shape index (κ1) is 18.0. The van der Waals surface area contributed by atoms with Crippen molar-refractivity contribution in [1.29, 1.82) is 0 Å². The fourth-order valence-electron chi connectivity index (χ4n) is 2.22. The van der Waals surface area contributed by atoms with Gasteiger partial charge in [-0.1, -0.05) is 26.0 Å². The van der Waals surface area contributed by atoms with Crippen LogP contribution in [0.3, 0.4) is 0 Å². The summed E-state index contributed by atoms with van der Waals surface area (Å²) in [5, 5.41) is 2.92. The molecule has 6 nitrogen and oxygen atoms in total. The van der Waals surface area contributed by atoms with Crippen LogP contribution in [0.15, 0.2) is 24.3 Å². The molecule has 0 atom stereocenters. The fourth-order valence-corrected chi connectivity index (χ4v) is 2.22. The number of hydrogen-bond donors (Lipinski definition) is 3. The van der Waals surface area contributed by atoms with E-state index >= 15 is 0 Å². The lowest BCUT2D eigenvalue weighted by Crippen LogP contribution is -2.45. The number of ether oxygens (including phenoxy) is 1. The van der Waals surface area contributed by atoms with Gasteiger partial charge in [-0.3, -0.25) is 9.59 Å². The maximum atomic E-state index is 12.3. The molecule has 0 unspecified atom stereocenters. The minimum Gasteiger partial charge on any atom is -0.484 e. The maximum absolute atomic E-state index is 12.3. The average Bonchev–Trinajstić information content (AvgIpc) is 2.53. The molecule has 0 heterocycles. The molecule has 1 aromatic rings. The Hall–Kier alpha value is -2.08. The largest absolute Gasteiger partial charge is 0.484 e. The van der Waals surface area contributed by atoms with Crippen LogP contribution in [0.4, 0.5) is 0 Å². The molecule has 0 radical (unpaired) electrons. The van der Waals surface area contributed by atoms with Crippen molar-refractivity contribution < 1.29 is 14.3 Å². The molecule has 0 aromatic heterocycles. The number of nitrogens with two attached hydrogens (primary N) is 2. The van der Waals surface area contributed by atoms with Gasteiger partial charge < -0.3 is 21.5 Å². The van der Waals surface area contributed by atoms with Crippen LogP contribution in [0, 0.1) is 5.41 Å². The van der Waals surface area contributed by atoms with Crippen molar-refractivity contribution in [3.63, 3.8) is 0 Å². The topological polar surface area (TPSA) is 107 Å². The van der Waals surface area contributed by atoms with E-state index in [0.29, 0.717) is 31.7 Å². The summed E-state index contributed by atoms with van der Waals surface area (Å²) in [7, 11) is 0. The van der Waals surface area contributed by atoms with Gasteiger partial charge in [-0.25, -0.2) is 0 Å². The van der Waals surface area contributed by atoms with Gasteiger partial charge in [0, 0.05) is 13.1 Å².